The summed E-state index contributed by atoms with van der Waals surface area (Å²) in [4.78, 5) is 14.6. The first-order chi connectivity index (χ1) is 11.2. The SMILES string of the molecule is Cc1ccccc1O[C@H](C)C(=O)NCCCN1CCCCCC1. The molecule has 4 heteroatoms. The lowest BCUT2D eigenvalue weighted by Crippen LogP contribution is -2.38. The Hall–Kier alpha value is -1.55. The molecule has 2 rings (SSSR count). The highest BCUT2D eigenvalue weighted by Gasteiger charge is 2.15. The number of para-hydroxylation sites is 1. The highest BCUT2D eigenvalue weighted by Crippen LogP contribution is 2.17. The summed E-state index contributed by atoms with van der Waals surface area (Å²) in [6.07, 6.45) is 5.89. The van der Waals surface area contributed by atoms with Gasteiger partial charge in [0.05, 0.1) is 0 Å². The molecule has 1 heterocycles. The number of carbonyl (C=O) groups is 1. The Balaban J connectivity index is 1.65. The van der Waals surface area contributed by atoms with Crippen LogP contribution in [0.15, 0.2) is 24.3 Å². The highest BCUT2D eigenvalue weighted by molar-refractivity contribution is 5.80. The zero-order valence-electron chi connectivity index (χ0n) is 14.5. The number of likely N-dealkylation sites (tertiary alicyclic amines) is 1. The third kappa shape index (κ3) is 6.22. The third-order valence-corrected chi connectivity index (χ3v) is 4.42. The Morgan fingerprint density at radius 1 is 1.22 bits per heavy atom. The predicted molar refractivity (Wildman–Crippen MR) is 93.8 cm³/mol. The topological polar surface area (TPSA) is 41.6 Å². The molecule has 1 N–H and O–H groups in total. The molecule has 0 saturated carbocycles. The van der Waals surface area contributed by atoms with E-state index in [4.69, 9.17) is 4.74 Å². The van der Waals surface area contributed by atoms with E-state index in [1.165, 1.54) is 38.8 Å². The summed E-state index contributed by atoms with van der Waals surface area (Å²) in [5.41, 5.74) is 1.05. The van der Waals surface area contributed by atoms with Crippen molar-refractivity contribution in [3.63, 3.8) is 0 Å². The van der Waals surface area contributed by atoms with Crippen molar-refractivity contribution in [1.82, 2.24) is 10.2 Å². The smallest absolute Gasteiger partial charge is 0.260 e. The van der Waals surface area contributed by atoms with E-state index in [9.17, 15) is 4.79 Å². The molecule has 1 amide bonds. The number of hydrogen-bond acceptors (Lipinski definition) is 3. The average molecular weight is 318 g/mol. The van der Waals surface area contributed by atoms with Gasteiger partial charge in [-0.3, -0.25) is 4.79 Å². The summed E-state index contributed by atoms with van der Waals surface area (Å²) in [5, 5.41) is 2.99. The first kappa shape index (κ1) is 17.8. The summed E-state index contributed by atoms with van der Waals surface area (Å²) >= 11 is 0. The van der Waals surface area contributed by atoms with Crippen LogP contribution in [-0.2, 0) is 4.79 Å². The van der Waals surface area contributed by atoms with Crippen LogP contribution in [0.2, 0.25) is 0 Å². The first-order valence-corrected chi connectivity index (χ1v) is 8.89. The van der Waals surface area contributed by atoms with Crippen molar-refractivity contribution in [3.8, 4) is 5.75 Å². The number of aryl methyl sites for hydroxylation is 1. The molecule has 128 valence electrons. The molecule has 0 unspecified atom stereocenters. The van der Waals surface area contributed by atoms with Gasteiger partial charge in [-0.25, -0.2) is 0 Å². The van der Waals surface area contributed by atoms with Crippen molar-refractivity contribution in [1.29, 1.82) is 0 Å². The quantitative estimate of drug-likeness (QED) is 0.785. The van der Waals surface area contributed by atoms with Crippen molar-refractivity contribution in [2.75, 3.05) is 26.2 Å². The summed E-state index contributed by atoms with van der Waals surface area (Å²) in [6, 6.07) is 7.78. The Labute approximate surface area is 140 Å². The first-order valence-electron chi connectivity index (χ1n) is 8.89. The third-order valence-electron chi connectivity index (χ3n) is 4.42. The van der Waals surface area contributed by atoms with E-state index < -0.39 is 6.10 Å². The maximum atomic E-state index is 12.1. The van der Waals surface area contributed by atoms with E-state index >= 15 is 0 Å². The zero-order valence-corrected chi connectivity index (χ0v) is 14.5. The average Bonchev–Trinajstić information content (AvgIpc) is 2.82. The molecule has 1 aromatic carbocycles. The standard InChI is InChI=1S/C19H30N2O2/c1-16-10-5-6-11-18(16)23-17(2)19(22)20-12-9-15-21-13-7-3-4-8-14-21/h5-6,10-11,17H,3-4,7-9,12-15H2,1-2H3,(H,20,22)/t17-/m1/s1. The number of carbonyl (C=O) groups excluding carboxylic acids is 1. The van der Waals surface area contributed by atoms with Crippen LogP contribution in [0.4, 0.5) is 0 Å². The number of ether oxygens (including phenoxy) is 1. The lowest BCUT2D eigenvalue weighted by molar-refractivity contribution is -0.127. The number of nitrogens with one attached hydrogen (secondary N) is 1. The molecule has 1 aromatic rings. The van der Waals surface area contributed by atoms with Gasteiger partial charge in [0.2, 0.25) is 0 Å². The van der Waals surface area contributed by atoms with E-state index in [1.54, 1.807) is 6.92 Å². The molecule has 4 nitrogen and oxygen atoms in total. The van der Waals surface area contributed by atoms with Crippen molar-refractivity contribution in [2.45, 2.75) is 52.1 Å². The second-order valence-electron chi connectivity index (χ2n) is 6.43. The summed E-state index contributed by atoms with van der Waals surface area (Å²) in [6.45, 7) is 8.00. The van der Waals surface area contributed by atoms with Crippen molar-refractivity contribution < 1.29 is 9.53 Å². The van der Waals surface area contributed by atoms with Crippen molar-refractivity contribution in [2.24, 2.45) is 0 Å². The summed E-state index contributed by atoms with van der Waals surface area (Å²) in [7, 11) is 0. The van der Waals surface area contributed by atoms with Crippen LogP contribution in [0, 0.1) is 6.92 Å². The van der Waals surface area contributed by atoms with E-state index in [0.717, 1.165) is 30.8 Å². The maximum absolute atomic E-state index is 12.1. The Morgan fingerprint density at radius 3 is 2.61 bits per heavy atom. The minimum absolute atomic E-state index is 0.0379. The second-order valence-corrected chi connectivity index (χ2v) is 6.43. The van der Waals surface area contributed by atoms with Crippen LogP contribution >= 0.6 is 0 Å². The lowest BCUT2D eigenvalue weighted by atomic mass is 10.2. The molecule has 1 aliphatic rings. The molecule has 1 atom stereocenters. The van der Waals surface area contributed by atoms with Gasteiger partial charge >= 0.3 is 0 Å². The molecule has 23 heavy (non-hydrogen) atoms. The Kier molecular flexibility index (Phi) is 7.40. The molecular weight excluding hydrogens is 288 g/mol. The van der Waals surface area contributed by atoms with Crippen LogP contribution < -0.4 is 10.1 Å². The number of nitrogens with zero attached hydrogens (tertiary/aromatic N) is 1. The maximum Gasteiger partial charge on any atom is 0.260 e. The predicted octanol–water partition coefficient (Wildman–Crippen LogP) is 3.14. The van der Waals surface area contributed by atoms with Gasteiger partial charge in [-0.05, 0) is 64.4 Å². The second kappa shape index (κ2) is 9.56. The molecule has 1 aliphatic heterocycles. The van der Waals surface area contributed by atoms with Gasteiger partial charge in [-0.1, -0.05) is 31.0 Å². The summed E-state index contributed by atoms with van der Waals surface area (Å²) in [5.74, 6) is 0.740. The van der Waals surface area contributed by atoms with Gasteiger partial charge in [0.25, 0.3) is 5.91 Å². The fourth-order valence-corrected chi connectivity index (χ4v) is 2.95. The summed E-state index contributed by atoms with van der Waals surface area (Å²) < 4.78 is 5.75. The fourth-order valence-electron chi connectivity index (χ4n) is 2.95. The molecular formula is C19H30N2O2. The van der Waals surface area contributed by atoms with Crippen molar-refractivity contribution >= 4 is 5.91 Å². The largest absolute Gasteiger partial charge is 0.481 e. The molecule has 0 aromatic heterocycles. The Bertz CT molecular complexity index is 482. The van der Waals surface area contributed by atoms with Crippen LogP contribution in [0.5, 0.6) is 5.75 Å². The highest BCUT2D eigenvalue weighted by atomic mass is 16.5. The van der Waals surface area contributed by atoms with E-state index in [2.05, 4.69) is 10.2 Å². The van der Waals surface area contributed by atoms with Crippen LogP contribution in [0.1, 0.15) is 44.6 Å². The number of benzene rings is 1. The van der Waals surface area contributed by atoms with E-state index in [-0.39, 0.29) is 5.91 Å². The molecule has 0 aliphatic carbocycles. The van der Waals surface area contributed by atoms with Crippen LogP contribution in [-0.4, -0.2) is 43.1 Å². The number of hydrogen-bond donors (Lipinski definition) is 1. The molecule has 1 saturated heterocycles. The molecule has 0 bridgehead atoms. The molecule has 0 radical (unpaired) electrons. The fraction of sp³-hybridized carbons (Fsp3) is 0.632. The van der Waals surface area contributed by atoms with Gasteiger partial charge < -0.3 is 15.0 Å². The lowest BCUT2D eigenvalue weighted by Gasteiger charge is -2.20. The van der Waals surface area contributed by atoms with Crippen LogP contribution in [0.25, 0.3) is 0 Å². The minimum atomic E-state index is -0.464. The van der Waals surface area contributed by atoms with Crippen LogP contribution in [0.3, 0.4) is 0 Å². The van der Waals surface area contributed by atoms with Gasteiger partial charge in [0, 0.05) is 6.54 Å². The van der Waals surface area contributed by atoms with Gasteiger partial charge in [0.1, 0.15) is 5.75 Å². The number of amides is 1. The monoisotopic (exact) mass is 318 g/mol. The normalized spacial score (nSPS) is 17.3. The van der Waals surface area contributed by atoms with Crippen molar-refractivity contribution in [3.05, 3.63) is 29.8 Å². The zero-order chi connectivity index (χ0) is 16.5. The molecule has 1 fully saturated rings. The van der Waals surface area contributed by atoms with E-state index in [0.29, 0.717) is 0 Å². The van der Waals surface area contributed by atoms with E-state index in [1.807, 2.05) is 31.2 Å². The van der Waals surface area contributed by atoms with Gasteiger partial charge in [-0.2, -0.15) is 0 Å². The Morgan fingerprint density at radius 2 is 1.91 bits per heavy atom. The minimum Gasteiger partial charge on any atom is -0.481 e. The number of rotatable bonds is 7. The van der Waals surface area contributed by atoms with Gasteiger partial charge in [-0.15, -0.1) is 0 Å². The molecule has 0 spiro atoms. The van der Waals surface area contributed by atoms with Gasteiger partial charge in [0.15, 0.2) is 6.10 Å².